The van der Waals surface area contributed by atoms with Gasteiger partial charge in [0, 0.05) is 32.0 Å². The number of hydrogen-bond acceptors (Lipinski definition) is 6. The van der Waals surface area contributed by atoms with E-state index in [1.54, 1.807) is 22.9 Å². The van der Waals surface area contributed by atoms with E-state index in [1.807, 2.05) is 6.92 Å². The van der Waals surface area contributed by atoms with Crippen molar-refractivity contribution >= 4 is 21.9 Å². The summed E-state index contributed by atoms with van der Waals surface area (Å²) < 4.78 is 85.8. The van der Waals surface area contributed by atoms with Crippen LogP contribution in [0.3, 0.4) is 0 Å². The molecule has 0 spiro atoms. The van der Waals surface area contributed by atoms with Gasteiger partial charge in [-0.15, -0.1) is 0 Å². The summed E-state index contributed by atoms with van der Waals surface area (Å²) in [6, 6.07) is 7.15. The van der Waals surface area contributed by atoms with Gasteiger partial charge in [0.2, 0.25) is 10.0 Å². The Hall–Kier alpha value is -4.17. The van der Waals surface area contributed by atoms with Gasteiger partial charge in [-0.05, 0) is 67.8 Å². The molecule has 14 heteroatoms. The van der Waals surface area contributed by atoms with Gasteiger partial charge in [-0.3, -0.25) is 14.5 Å². The number of pyridine rings is 1. The number of Topliss-reactive ketones (excluding diaryl/α,β-unsaturated/α-hetero) is 1. The lowest BCUT2D eigenvalue weighted by Gasteiger charge is -2.44. The van der Waals surface area contributed by atoms with Crippen molar-refractivity contribution in [2.75, 3.05) is 13.1 Å². The van der Waals surface area contributed by atoms with Crippen molar-refractivity contribution in [3.63, 3.8) is 0 Å². The molecule has 1 atom stereocenters. The Balaban J connectivity index is 1.46. The van der Waals surface area contributed by atoms with E-state index < -0.39 is 44.5 Å². The van der Waals surface area contributed by atoms with E-state index in [-0.39, 0.29) is 30.8 Å². The Morgan fingerprint density at radius 2 is 1.86 bits per heavy atom. The molecule has 1 fully saturated rings. The fourth-order valence-corrected chi connectivity index (χ4v) is 7.04. The van der Waals surface area contributed by atoms with Crippen molar-refractivity contribution in [2.24, 2.45) is 5.41 Å². The molecule has 9 nitrogen and oxygen atoms in total. The fourth-order valence-electron chi connectivity index (χ4n) is 5.58. The molecule has 1 unspecified atom stereocenters. The number of sulfonamides is 1. The summed E-state index contributed by atoms with van der Waals surface area (Å²) in [6.45, 7) is 1.99. The number of benzene rings is 1. The predicted octanol–water partition coefficient (Wildman–Crippen LogP) is 4.55. The Morgan fingerprint density at radius 3 is 2.55 bits per heavy atom. The van der Waals surface area contributed by atoms with Crippen LogP contribution >= 0.6 is 0 Å². The normalized spacial score (nSPS) is 19.2. The first kappa shape index (κ1) is 28.0. The lowest BCUT2D eigenvalue weighted by atomic mass is 9.65. The lowest BCUT2D eigenvalue weighted by molar-refractivity contribution is -0.137. The van der Waals surface area contributed by atoms with Crippen LogP contribution in [0.5, 0.6) is 0 Å². The summed E-state index contributed by atoms with van der Waals surface area (Å²) >= 11 is 0. The number of nitrogens with zero attached hydrogens (tertiary/aromatic N) is 6. The van der Waals surface area contributed by atoms with Crippen LogP contribution in [0.25, 0.3) is 11.8 Å². The van der Waals surface area contributed by atoms with E-state index in [9.17, 15) is 30.8 Å². The Morgan fingerprint density at radius 1 is 1.10 bits per heavy atom. The van der Waals surface area contributed by atoms with Gasteiger partial charge < -0.3 is 0 Å². The molecule has 1 aliphatic heterocycles. The number of ketones is 1. The molecule has 218 valence electrons. The fraction of sp³-hybridized carbons (Fsp3) is 0.286. The number of halogens is 4. The molecule has 0 bridgehead atoms. The van der Waals surface area contributed by atoms with E-state index in [0.717, 1.165) is 12.3 Å². The first-order valence-corrected chi connectivity index (χ1v) is 14.5. The van der Waals surface area contributed by atoms with Crippen molar-refractivity contribution in [2.45, 2.75) is 37.4 Å². The van der Waals surface area contributed by atoms with Crippen molar-refractivity contribution in [1.29, 1.82) is 0 Å². The minimum atomic E-state index is -4.70. The number of carbonyl (C=O) groups is 1. The molecule has 0 N–H and O–H groups in total. The highest BCUT2D eigenvalue weighted by Gasteiger charge is 2.51. The molecular formula is C28H24F4N6O3S. The minimum absolute atomic E-state index is 0.0215. The molecule has 6 rings (SSSR count). The monoisotopic (exact) mass is 600 g/mol. The van der Waals surface area contributed by atoms with Gasteiger partial charge in [-0.1, -0.05) is 5.57 Å². The van der Waals surface area contributed by atoms with Gasteiger partial charge in [-0.25, -0.2) is 17.5 Å². The highest BCUT2D eigenvalue weighted by Crippen LogP contribution is 2.47. The molecule has 0 radical (unpaired) electrons. The quantitative estimate of drug-likeness (QED) is 0.238. The SMILES string of the molecule is CCn1cc(S(=O)(=O)N2CCC3=Cc4c(cnn4-c4ccc(F)cc4)CC3(C(=O)c3cc(C(F)(F)F)ccn3)C2)cn1. The zero-order valence-corrected chi connectivity index (χ0v) is 23.0. The van der Waals surface area contributed by atoms with Crippen LogP contribution < -0.4 is 0 Å². The van der Waals surface area contributed by atoms with E-state index in [1.165, 1.54) is 39.7 Å². The third-order valence-electron chi connectivity index (χ3n) is 7.78. The molecular weight excluding hydrogens is 576 g/mol. The third-order valence-corrected chi connectivity index (χ3v) is 9.58. The van der Waals surface area contributed by atoms with E-state index >= 15 is 0 Å². The summed E-state index contributed by atoms with van der Waals surface area (Å²) in [5.74, 6) is -1.14. The van der Waals surface area contributed by atoms with Crippen LogP contribution in [0.2, 0.25) is 0 Å². The second-order valence-electron chi connectivity index (χ2n) is 10.2. The largest absolute Gasteiger partial charge is 0.416 e. The van der Waals surface area contributed by atoms with Crippen molar-refractivity contribution in [1.82, 2.24) is 28.9 Å². The Kier molecular flexibility index (Phi) is 6.65. The van der Waals surface area contributed by atoms with Gasteiger partial charge >= 0.3 is 6.18 Å². The molecule has 0 saturated carbocycles. The summed E-state index contributed by atoms with van der Waals surface area (Å²) in [5.41, 5.74) is -0.648. The average molecular weight is 601 g/mol. The smallest absolute Gasteiger partial charge is 0.291 e. The molecule has 42 heavy (non-hydrogen) atoms. The van der Waals surface area contributed by atoms with Crippen LogP contribution in [0.1, 0.15) is 40.7 Å². The predicted molar refractivity (Wildman–Crippen MR) is 142 cm³/mol. The van der Waals surface area contributed by atoms with Gasteiger partial charge in [0.05, 0.1) is 34.8 Å². The summed E-state index contributed by atoms with van der Waals surface area (Å²) in [5, 5.41) is 8.48. The number of hydrogen-bond donors (Lipinski definition) is 0. The summed E-state index contributed by atoms with van der Waals surface area (Å²) in [7, 11) is -4.09. The maximum atomic E-state index is 14.2. The average Bonchev–Trinajstić information content (AvgIpc) is 3.63. The topological polar surface area (TPSA) is 103 Å². The van der Waals surface area contributed by atoms with Gasteiger partial charge in [0.1, 0.15) is 16.4 Å². The third kappa shape index (κ3) is 4.64. The van der Waals surface area contributed by atoms with Gasteiger partial charge in [0.15, 0.2) is 5.78 Å². The molecule has 1 saturated heterocycles. The molecule has 1 aromatic carbocycles. The van der Waals surface area contributed by atoms with E-state index in [4.69, 9.17) is 0 Å². The molecule has 0 amide bonds. The van der Waals surface area contributed by atoms with Crippen molar-refractivity contribution in [3.05, 3.63) is 95.1 Å². The van der Waals surface area contributed by atoms with Crippen molar-refractivity contribution < 1.29 is 30.8 Å². The molecule has 4 heterocycles. The molecule has 4 aromatic rings. The van der Waals surface area contributed by atoms with Gasteiger partial charge in [0.25, 0.3) is 0 Å². The first-order valence-electron chi connectivity index (χ1n) is 13.1. The highest BCUT2D eigenvalue weighted by molar-refractivity contribution is 7.89. The van der Waals surface area contributed by atoms with Crippen molar-refractivity contribution in [3.8, 4) is 5.69 Å². The maximum Gasteiger partial charge on any atom is 0.416 e. The number of rotatable bonds is 6. The second kappa shape index (κ2) is 9.98. The summed E-state index contributed by atoms with van der Waals surface area (Å²) in [4.78, 5) is 18.2. The van der Waals surface area contributed by atoms with Crippen LogP contribution in [0.4, 0.5) is 17.6 Å². The molecule has 3 aromatic heterocycles. The number of carbonyl (C=O) groups excluding carboxylic acids is 1. The number of aromatic nitrogens is 5. The maximum absolute atomic E-state index is 14.2. The number of alkyl halides is 3. The number of fused-ring (bicyclic) bond motifs is 2. The lowest BCUT2D eigenvalue weighted by Crippen LogP contribution is -2.53. The van der Waals surface area contributed by atoms with Crippen LogP contribution in [0, 0.1) is 11.2 Å². The number of piperidine rings is 1. The van der Waals surface area contributed by atoms with Crippen LogP contribution in [-0.4, -0.2) is 56.1 Å². The van der Waals surface area contributed by atoms with Gasteiger partial charge in [-0.2, -0.15) is 27.7 Å². The minimum Gasteiger partial charge on any atom is -0.291 e. The molecule has 1 aliphatic carbocycles. The Labute approximate surface area is 238 Å². The zero-order valence-electron chi connectivity index (χ0n) is 22.2. The second-order valence-corrected chi connectivity index (χ2v) is 12.2. The zero-order chi connectivity index (χ0) is 29.9. The van der Waals surface area contributed by atoms with E-state index in [2.05, 4.69) is 15.2 Å². The molecule has 2 aliphatic rings. The van der Waals surface area contributed by atoms with E-state index in [0.29, 0.717) is 35.1 Å². The highest BCUT2D eigenvalue weighted by atomic mass is 32.2. The van der Waals surface area contributed by atoms with Crippen LogP contribution in [0.15, 0.2) is 71.7 Å². The van der Waals surface area contributed by atoms with Crippen LogP contribution in [-0.2, 0) is 29.2 Å². The Bertz CT molecular complexity index is 1830. The standard InChI is InChI=1S/C28H24F4N6O3S/c1-2-36-16-23(15-34-36)42(40,41)37-10-8-19-12-25-18(14-35-38(25)22-5-3-21(29)4-6-22)13-27(19,17-37)26(39)24-11-20(7-9-33-24)28(30,31)32/h3-7,9,11-12,14-16H,2,8,10,13,17H2,1H3. The summed E-state index contributed by atoms with van der Waals surface area (Å²) in [6.07, 6.45) is 2.23. The number of aryl methyl sites for hydroxylation is 1. The first-order chi connectivity index (χ1) is 19.9.